The molecule has 1 aromatic heterocycles. The Labute approximate surface area is 114 Å². The monoisotopic (exact) mass is 343 g/mol. The van der Waals surface area contributed by atoms with Crippen molar-refractivity contribution in [1.82, 2.24) is 25.5 Å². The smallest absolute Gasteiger partial charge is 0.170 e. The first-order valence-electron chi connectivity index (χ1n) is 5.55. The predicted octanol–water partition coefficient (Wildman–Crippen LogP) is 1.77. The Hall–Kier alpha value is -1.02. The minimum Gasteiger partial charge on any atom is -0.310 e. The topological polar surface area (TPSA) is 55.6 Å². The quantitative estimate of drug-likeness (QED) is 0.664. The average molecular weight is 343 g/mol. The first-order chi connectivity index (χ1) is 8.31. The van der Waals surface area contributed by atoms with E-state index in [0.29, 0.717) is 6.54 Å². The summed E-state index contributed by atoms with van der Waals surface area (Å²) in [6.45, 7) is 3.79. The van der Waals surface area contributed by atoms with E-state index in [1.807, 2.05) is 24.3 Å². The molecule has 2 rings (SSSR count). The van der Waals surface area contributed by atoms with Gasteiger partial charge in [-0.2, -0.15) is 4.68 Å². The number of tetrazole rings is 1. The first-order valence-corrected chi connectivity index (χ1v) is 6.63. The fourth-order valence-corrected chi connectivity index (χ4v) is 1.84. The van der Waals surface area contributed by atoms with Gasteiger partial charge in [0.15, 0.2) is 5.82 Å². The van der Waals surface area contributed by atoms with E-state index < -0.39 is 0 Å². The Morgan fingerprint density at radius 3 is 2.76 bits per heavy atom. The van der Waals surface area contributed by atoms with Crippen LogP contribution in [0.25, 0.3) is 5.69 Å². The van der Waals surface area contributed by atoms with E-state index in [2.05, 4.69) is 50.4 Å². The largest absolute Gasteiger partial charge is 0.310 e. The number of nitrogens with one attached hydrogen (secondary N) is 1. The Kier molecular flexibility index (Phi) is 4.43. The molecule has 5 nitrogen and oxygen atoms in total. The molecule has 0 bridgehead atoms. The zero-order chi connectivity index (χ0) is 12.1. The summed E-state index contributed by atoms with van der Waals surface area (Å²) in [4.78, 5) is 0. The van der Waals surface area contributed by atoms with Crippen LogP contribution in [-0.2, 0) is 6.54 Å². The third-order valence-electron chi connectivity index (χ3n) is 2.32. The summed E-state index contributed by atoms with van der Waals surface area (Å²) in [5, 5.41) is 15.0. The molecule has 0 unspecified atom stereocenters. The van der Waals surface area contributed by atoms with Gasteiger partial charge in [0.2, 0.25) is 0 Å². The normalized spacial score (nSPS) is 10.7. The Balaban J connectivity index is 2.15. The number of hydrogen-bond donors (Lipinski definition) is 1. The van der Waals surface area contributed by atoms with E-state index in [-0.39, 0.29) is 0 Å². The fraction of sp³-hybridized carbons (Fsp3) is 0.364. The summed E-state index contributed by atoms with van der Waals surface area (Å²) in [6.07, 6.45) is 1.10. The van der Waals surface area contributed by atoms with Gasteiger partial charge in [-0.3, -0.25) is 0 Å². The molecular formula is C11H14IN5. The second-order valence-electron chi connectivity index (χ2n) is 3.66. The summed E-state index contributed by atoms with van der Waals surface area (Å²) in [6, 6.07) is 8.12. The maximum Gasteiger partial charge on any atom is 0.170 e. The zero-order valence-electron chi connectivity index (χ0n) is 9.60. The molecule has 1 aromatic carbocycles. The molecule has 1 N–H and O–H groups in total. The average Bonchev–Trinajstić information content (AvgIpc) is 2.79. The van der Waals surface area contributed by atoms with Crippen LogP contribution in [0.3, 0.4) is 0 Å². The van der Waals surface area contributed by atoms with E-state index in [9.17, 15) is 0 Å². The van der Waals surface area contributed by atoms with Gasteiger partial charge >= 0.3 is 0 Å². The van der Waals surface area contributed by atoms with E-state index in [1.165, 1.54) is 3.57 Å². The summed E-state index contributed by atoms with van der Waals surface area (Å²) < 4.78 is 2.96. The molecule has 90 valence electrons. The molecule has 2 aromatic rings. The lowest BCUT2D eigenvalue weighted by atomic mass is 10.3. The van der Waals surface area contributed by atoms with E-state index in [4.69, 9.17) is 0 Å². The summed E-state index contributed by atoms with van der Waals surface area (Å²) in [7, 11) is 0. The SMILES string of the molecule is CCCNCc1nnnn1-c1ccc(I)cc1. The molecule has 0 atom stereocenters. The number of rotatable bonds is 5. The maximum absolute atomic E-state index is 4.02. The summed E-state index contributed by atoms with van der Waals surface area (Å²) >= 11 is 2.28. The molecule has 0 saturated carbocycles. The van der Waals surface area contributed by atoms with E-state index >= 15 is 0 Å². The predicted molar refractivity (Wildman–Crippen MR) is 73.9 cm³/mol. The molecule has 1 heterocycles. The minimum atomic E-state index is 0.687. The van der Waals surface area contributed by atoms with Crippen molar-refractivity contribution in [2.24, 2.45) is 0 Å². The van der Waals surface area contributed by atoms with Crippen molar-refractivity contribution < 1.29 is 0 Å². The van der Waals surface area contributed by atoms with Crippen LogP contribution < -0.4 is 5.32 Å². The van der Waals surface area contributed by atoms with Crippen LogP contribution in [0.15, 0.2) is 24.3 Å². The van der Waals surface area contributed by atoms with Crippen molar-refractivity contribution in [1.29, 1.82) is 0 Å². The number of hydrogen-bond acceptors (Lipinski definition) is 4. The van der Waals surface area contributed by atoms with Crippen LogP contribution in [-0.4, -0.2) is 26.8 Å². The van der Waals surface area contributed by atoms with Crippen LogP contribution in [0.1, 0.15) is 19.2 Å². The molecule has 6 heteroatoms. The van der Waals surface area contributed by atoms with Crippen LogP contribution in [0.4, 0.5) is 0 Å². The van der Waals surface area contributed by atoms with Crippen LogP contribution in [0, 0.1) is 3.57 Å². The van der Waals surface area contributed by atoms with Gasteiger partial charge < -0.3 is 5.32 Å². The third kappa shape index (κ3) is 3.22. The molecule has 17 heavy (non-hydrogen) atoms. The lowest BCUT2D eigenvalue weighted by molar-refractivity contribution is 0.633. The zero-order valence-corrected chi connectivity index (χ0v) is 11.8. The molecule has 0 fully saturated rings. The highest BCUT2D eigenvalue weighted by Crippen LogP contribution is 2.11. The fourth-order valence-electron chi connectivity index (χ4n) is 1.48. The van der Waals surface area contributed by atoms with Gasteiger partial charge in [-0.15, -0.1) is 5.10 Å². The second kappa shape index (κ2) is 6.06. The Morgan fingerprint density at radius 2 is 2.06 bits per heavy atom. The molecule has 0 radical (unpaired) electrons. The van der Waals surface area contributed by atoms with Gasteiger partial charge in [0, 0.05) is 3.57 Å². The standard InChI is InChI=1S/C11H14IN5/c1-2-7-13-8-11-14-15-16-17(11)10-5-3-9(12)4-6-10/h3-6,13H,2,7-8H2,1H3. The molecule has 0 amide bonds. The lowest BCUT2D eigenvalue weighted by Gasteiger charge is -2.05. The number of aromatic nitrogens is 4. The number of halogens is 1. The van der Waals surface area contributed by atoms with E-state index in [0.717, 1.165) is 24.5 Å². The molecule has 0 aliphatic rings. The van der Waals surface area contributed by atoms with Crippen LogP contribution in [0.2, 0.25) is 0 Å². The highest BCUT2D eigenvalue weighted by Gasteiger charge is 2.06. The first kappa shape index (κ1) is 12.4. The van der Waals surface area contributed by atoms with Gasteiger partial charge in [-0.25, -0.2) is 0 Å². The third-order valence-corrected chi connectivity index (χ3v) is 3.03. The molecule has 0 aliphatic heterocycles. The van der Waals surface area contributed by atoms with E-state index in [1.54, 1.807) is 4.68 Å². The Morgan fingerprint density at radius 1 is 1.29 bits per heavy atom. The summed E-state index contributed by atoms with van der Waals surface area (Å²) in [5.74, 6) is 0.833. The minimum absolute atomic E-state index is 0.687. The van der Waals surface area contributed by atoms with Crippen molar-refractivity contribution in [2.45, 2.75) is 19.9 Å². The van der Waals surface area contributed by atoms with Crippen LogP contribution >= 0.6 is 22.6 Å². The lowest BCUT2D eigenvalue weighted by Crippen LogP contribution is -2.17. The van der Waals surface area contributed by atoms with Crippen LogP contribution in [0.5, 0.6) is 0 Å². The van der Waals surface area contributed by atoms with Crippen molar-refractivity contribution in [2.75, 3.05) is 6.54 Å². The van der Waals surface area contributed by atoms with Gasteiger partial charge in [0.1, 0.15) is 0 Å². The highest BCUT2D eigenvalue weighted by atomic mass is 127. The molecule has 0 aliphatic carbocycles. The van der Waals surface area contributed by atoms with Crippen molar-refractivity contribution in [3.05, 3.63) is 33.7 Å². The summed E-state index contributed by atoms with van der Waals surface area (Å²) in [5.41, 5.74) is 0.990. The highest BCUT2D eigenvalue weighted by molar-refractivity contribution is 14.1. The van der Waals surface area contributed by atoms with Gasteiger partial charge in [0.25, 0.3) is 0 Å². The molecular weight excluding hydrogens is 329 g/mol. The number of benzene rings is 1. The van der Waals surface area contributed by atoms with Crippen molar-refractivity contribution >= 4 is 22.6 Å². The maximum atomic E-state index is 4.02. The number of nitrogens with zero attached hydrogens (tertiary/aromatic N) is 4. The van der Waals surface area contributed by atoms with Crippen molar-refractivity contribution in [3.63, 3.8) is 0 Å². The van der Waals surface area contributed by atoms with Gasteiger partial charge in [-0.05, 0) is 70.2 Å². The van der Waals surface area contributed by atoms with Gasteiger partial charge in [-0.1, -0.05) is 6.92 Å². The molecule has 0 spiro atoms. The molecule has 0 saturated heterocycles. The van der Waals surface area contributed by atoms with Gasteiger partial charge in [0.05, 0.1) is 12.2 Å². The Bertz CT molecular complexity index is 465. The second-order valence-corrected chi connectivity index (χ2v) is 4.91. The van der Waals surface area contributed by atoms with Crippen molar-refractivity contribution in [3.8, 4) is 5.69 Å².